The van der Waals surface area contributed by atoms with Gasteiger partial charge >= 0.3 is 0 Å². The lowest BCUT2D eigenvalue weighted by molar-refractivity contribution is 0.112. The zero-order valence-corrected chi connectivity index (χ0v) is 7.67. The molecule has 0 aromatic heterocycles. The molecule has 0 saturated heterocycles. The average molecular weight is 213 g/mol. The number of hydrogen-bond donors (Lipinski definition) is 0. The lowest BCUT2D eigenvalue weighted by Gasteiger charge is -1.99. The highest BCUT2D eigenvalue weighted by Gasteiger charge is 1.97. The summed E-state index contributed by atoms with van der Waals surface area (Å²) in [6.45, 7) is 0. The van der Waals surface area contributed by atoms with E-state index in [4.69, 9.17) is 0 Å². The van der Waals surface area contributed by atoms with Gasteiger partial charge in [-0.15, -0.1) is 0 Å². The summed E-state index contributed by atoms with van der Waals surface area (Å²) in [7, 11) is 0. The second-order valence-electron chi connectivity index (χ2n) is 2.26. The van der Waals surface area contributed by atoms with Crippen molar-refractivity contribution >= 4 is 22.2 Å². The largest absolute Gasteiger partial charge is 0.298 e. The maximum atomic E-state index is 10.5. The first-order chi connectivity index (χ1) is 5.38. The summed E-state index contributed by atoms with van der Waals surface area (Å²) in [6, 6.07) is 7.64. The van der Waals surface area contributed by atoms with Gasteiger partial charge in [0.25, 0.3) is 0 Å². The van der Waals surface area contributed by atoms with Crippen LogP contribution in [0.25, 0.3) is 0 Å². The third kappa shape index (κ3) is 2.15. The quantitative estimate of drug-likeness (QED) is 0.556. The maximum Gasteiger partial charge on any atom is 0.150 e. The minimum Gasteiger partial charge on any atom is -0.298 e. The smallest absolute Gasteiger partial charge is 0.150 e. The van der Waals surface area contributed by atoms with Crippen molar-refractivity contribution < 1.29 is 4.79 Å². The number of hydrogen-bond acceptors (Lipinski definition) is 1. The lowest BCUT2D eigenvalue weighted by atomic mass is 10.1. The Morgan fingerprint density at radius 3 is 2.73 bits per heavy atom. The van der Waals surface area contributed by atoms with Crippen molar-refractivity contribution in [2.75, 3.05) is 5.33 Å². The summed E-state index contributed by atoms with van der Waals surface area (Å²) in [5.74, 6) is 0. The summed E-state index contributed by atoms with van der Waals surface area (Å²) in [4.78, 5) is 10.5. The summed E-state index contributed by atoms with van der Waals surface area (Å²) in [6.07, 6.45) is 1.81. The molecule has 0 spiro atoms. The molecule has 2 heteroatoms. The van der Waals surface area contributed by atoms with Gasteiger partial charge in [0.15, 0.2) is 0 Å². The van der Waals surface area contributed by atoms with Crippen LogP contribution in [0.2, 0.25) is 0 Å². The van der Waals surface area contributed by atoms with Crippen LogP contribution in [0, 0.1) is 0 Å². The van der Waals surface area contributed by atoms with E-state index in [-0.39, 0.29) is 0 Å². The van der Waals surface area contributed by atoms with E-state index in [0.29, 0.717) is 0 Å². The van der Waals surface area contributed by atoms with Gasteiger partial charge in [-0.25, -0.2) is 0 Å². The fraction of sp³-hybridized carbons (Fsp3) is 0.222. The molecule has 0 aliphatic rings. The van der Waals surface area contributed by atoms with Gasteiger partial charge in [0.05, 0.1) is 0 Å². The first-order valence-electron chi connectivity index (χ1n) is 3.47. The SMILES string of the molecule is O=Cc1ccccc1CCBr. The van der Waals surface area contributed by atoms with E-state index < -0.39 is 0 Å². The van der Waals surface area contributed by atoms with Crippen LogP contribution in [0.3, 0.4) is 0 Å². The predicted molar refractivity (Wildman–Crippen MR) is 49.3 cm³/mol. The normalized spacial score (nSPS) is 9.55. The van der Waals surface area contributed by atoms with Crippen LogP contribution in [0.4, 0.5) is 0 Å². The summed E-state index contributed by atoms with van der Waals surface area (Å²) < 4.78 is 0. The molecule has 1 aromatic carbocycles. The van der Waals surface area contributed by atoms with Crippen LogP contribution in [-0.4, -0.2) is 11.6 Å². The van der Waals surface area contributed by atoms with E-state index in [1.54, 1.807) is 0 Å². The molecule has 0 radical (unpaired) electrons. The minimum atomic E-state index is 0.798. The van der Waals surface area contributed by atoms with E-state index in [1.165, 1.54) is 0 Å². The number of alkyl halides is 1. The second kappa shape index (κ2) is 4.29. The van der Waals surface area contributed by atoms with Gasteiger partial charge in [-0.2, -0.15) is 0 Å². The Morgan fingerprint density at radius 1 is 1.36 bits per heavy atom. The molecular formula is C9H9BrO. The van der Waals surface area contributed by atoms with Gasteiger partial charge in [-0.05, 0) is 12.0 Å². The first-order valence-corrected chi connectivity index (χ1v) is 4.59. The molecule has 0 bridgehead atoms. The summed E-state index contributed by atoms with van der Waals surface area (Å²) in [5.41, 5.74) is 1.91. The van der Waals surface area contributed by atoms with Crippen LogP contribution in [0.15, 0.2) is 24.3 Å². The molecule has 1 aromatic rings. The van der Waals surface area contributed by atoms with Crippen molar-refractivity contribution in [3.63, 3.8) is 0 Å². The summed E-state index contributed by atoms with van der Waals surface area (Å²) >= 11 is 3.33. The van der Waals surface area contributed by atoms with Crippen molar-refractivity contribution in [3.8, 4) is 0 Å². The van der Waals surface area contributed by atoms with Crippen molar-refractivity contribution in [1.82, 2.24) is 0 Å². The molecule has 0 fully saturated rings. The molecule has 1 rings (SSSR count). The van der Waals surface area contributed by atoms with Gasteiger partial charge in [0.2, 0.25) is 0 Å². The number of carbonyl (C=O) groups is 1. The minimum absolute atomic E-state index is 0.798. The van der Waals surface area contributed by atoms with E-state index in [1.807, 2.05) is 24.3 Å². The molecular weight excluding hydrogens is 204 g/mol. The van der Waals surface area contributed by atoms with Crippen molar-refractivity contribution in [2.45, 2.75) is 6.42 Å². The Balaban J connectivity index is 2.92. The van der Waals surface area contributed by atoms with Crippen LogP contribution < -0.4 is 0 Å². The Kier molecular flexibility index (Phi) is 3.30. The maximum absolute atomic E-state index is 10.5. The van der Waals surface area contributed by atoms with E-state index >= 15 is 0 Å². The van der Waals surface area contributed by atoms with Crippen LogP contribution in [-0.2, 0) is 6.42 Å². The second-order valence-corrected chi connectivity index (χ2v) is 3.05. The summed E-state index contributed by atoms with van der Waals surface area (Å²) in [5, 5.41) is 0.901. The Labute approximate surface area is 74.6 Å². The van der Waals surface area contributed by atoms with Crippen molar-refractivity contribution in [1.29, 1.82) is 0 Å². The highest BCUT2D eigenvalue weighted by Crippen LogP contribution is 2.07. The molecule has 0 unspecified atom stereocenters. The fourth-order valence-corrected chi connectivity index (χ4v) is 1.41. The fourth-order valence-electron chi connectivity index (χ4n) is 0.979. The van der Waals surface area contributed by atoms with Crippen LogP contribution >= 0.6 is 15.9 Å². The van der Waals surface area contributed by atoms with Crippen LogP contribution in [0.5, 0.6) is 0 Å². The lowest BCUT2D eigenvalue weighted by Crippen LogP contribution is -1.92. The Bertz CT molecular complexity index is 245. The molecule has 0 atom stereocenters. The van der Waals surface area contributed by atoms with E-state index in [0.717, 1.165) is 29.2 Å². The van der Waals surface area contributed by atoms with E-state index in [9.17, 15) is 4.79 Å². The molecule has 58 valence electrons. The zero-order chi connectivity index (χ0) is 8.10. The molecule has 0 aliphatic carbocycles. The Hall–Kier alpha value is -0.630. The number of carbonyl (C=O) groups excluding carboxylic acids is 1. The standard InChI is InChI=1S/C9H9BrO/c10-6-5-8-3-1-2-4-9(8)7-11/h1-4,7H,5-6H2. The third-order valence-corrected chi connectivity index (χ3v) is 1.94. The monoisotopic (exact) mass is 212 g/mol. The molecule has 0 heterocycles. The van der Waals surface area contributed by atoms with Gasteiger partial charge < -0.3 is 0 Å². The molecule has 1 nitrogen and oxygen atoms in total. The highest BCUT2D eigenvalue weighted by molar-refractivity contribution is 9.09. The molecule has 0 amide bonds. The third-order valence-electron chi connectivity index (χ3n) is 1.55. The van der Waals surface area contributed by atoms with Crippen molar-refractivity contribution in [3.05, 3.63) is 35.4 Å². The molecule has 0 aliphatic heterocycles. The zero-order valence-electron chi connectivity index (χ0n) is 6.09. The number of aldehydes is 1. The number of rotatable bonds is 3. The number of benzene rings is 1. The van der Waals surface area contributed by atoms with Crippen molar-refractivity contribution in [2.24, 2.45) is 0 Å². The first kappa shape index (κ1) is 8.47. The van der Waals surface area contributed by atoms with Gasteiger partial charge in [0.1, 0.15) is 6.29 Å². The molecule has 0 saturated carbocycles. The van der Waals surface area contributed by atoms with Gasteiger partial charge in [-0.3, -0.25) is 4.79 Å². The highest BCUT2D eigenvalue weighted by atomic mass is 79.9. The average Bonchev–Trinajstić information content (AvgIpc) is 2.06. The predicted octanol–water partition coefficient (Wildman–Crippen LogP) is 2.44. The topological polar surface area (TPSA) is 17.1 Å². The van der Waals surface area contributed by atoms with Gasteiger partial charge in [0, 0.05) is 10.9 Å². The molecule has 11 heavy (non-hydrogen) atoms. The van der Waals surface area contributed by atoms with Gasteiger partial charge in [-0.1, -0.05) is 40.2 Å². The number of halogens is 1. The van der Waals surface area contributed by atoms with E-state index in [2.05, 4.69) is 15.9 Å². The van der Waals surface area contributed by atoms with Crippen LogP contribution in [0.1, 0.15) is 15.9 Å². The molecule has 0 N–H and O–H groups in total. The number of aryl methyl sites for hydroxylation is 1. The Morgan fingerprint density at radius 2 is 2.09 bits per heavy atom.